The van der Waals surface area contributed by atoms with Crippen molar-refractivity contribution in [2.75, 3.05) is 37.7 Å². The average Bonchev–Trinajstić information content (AvgIpc) is 3.55. The maximum Gasteiger partial charge on any atom is 0.307 e. The zero-order valence-electron chi connectivity index (χ0n) is 23.6. The first kappa shape index (κ1) is 27.7. The zero-order chi connectivity index (χ0) is 28.5. The number of morpholine rings is 1. The van der Waals surface area contributed by atoms with Crippen LogP contribution in [0.15, 0.2) is 41.8 Å². The number of hydrogen-bond donors (Lipinski definition) is 1. The Bertz CT molecular complexity index is 1450. The summed E-state index contributed by atoms with van der Waals surface area (Å²) in [7, 11) is 0. The van der Waals surface area contributed by atoms with Crippen LogP contribution in [0.2, 0.25) is 0 Å². The van der Waals surface area contributed by atoms with E-state index in [0.29, 0.717) is 5.56 Å². The number of piperidine rings is 1. The number of anilines is 1. The first-order valence-corrected chi connectivity index (χ1v) is 15.3. The number of carboxylic acids is 1. The monoisotopic (exact) mass is 572 g/mol. The summed E-state index contributed by atoms with van der Waals surface area (Å²) in [4.78, 5) is 21.4. The van der Waals surface area contributed by atoms with Gasteiger partial charge >= 0.3 is 5.97 Å². The van der Waals surface area contributed by atoms with Crippen LogP contribution in [0.4, 0.5) is 5.13 Å². The summed E-state index contributed by atoms with van der Waals surface area (Å²) in [6, 6.07) is 14.5. The molecule has 0 radical (unpaired) electrons. The van der Waals surface area contributed by atoms with E-state index < -0.39 is 5.97 Å². The van der Waals surface area contributed by atoms with Crippen LogP contribution < -0.4 is 9.64 Å². The van der Waals surface area contributed by atoms with Gasteiger partial charge in [0.25, 0.3) is 0 Å². The van der Waals surface area contributed by atoms with E-state index in [1.54, 1.807) is 11.3 Å². The number of ether oxygens (including phenoxy) is 2. The Balaban J connectivity index is 1.16. The Morgan fingerprint density at radius 3 is 2.73 bits per heavy atom. The Kier molecular flexibility index (Phi) is 7.98. The lowest BCUT2D eigenvalue weighted by Gasteiger charge is -2.35. The molecule has 1 aliphatic carbocycles. The average molecular weight is 573 g/mol. The summed E-state index contributed by atoms with van der Waals surface area (Å²) < 4.78 is 12.0. The minimum atomic E-state index is -0.653. The quantitative estimate of drug-likeness (QED) is 0.386. The third-order valence-electron chi connectivity index (χ3n) is 8.70. The van der Waals surface area contributed by atoms with E-state index in [-0.39, 0.29) is 30.5 Å². The molecule has 0 amide bonds. The van der Waals surface area contributed by atoms with Crippen LogP contribution in [0.25, 0.3) is 11.3 Å². The molecule has 2 aromatic carbocycles. The van der Waals surface area contributed by atoms with Crippen LogP contribution in [0.3, 0.4) is 0 Å². The highest BCUT2D eigenvalue weighted by Gasteiger charge is 2.46. The molecule has 214 valence electrons. The molecule has 0 spiro atoms. The largest absolute Gasteiger partial charge is 0.488 e. The van der Waals surface area contributed by atoms with Crippen LogP contribution in [-0.2, 0) is 22.7 Å². The summed E-state index contributed by atoms with van der Waals surface area (Å²) >= 11 is 1.60. The number of carboxylic acid groups (broad SMARTS) is 1. The van der Waals surface area contributed by atoms with E-state index in [1.807, 2.05) is 24.3 Å². The number of fused-ring (bicyclic) bond motifs is 2. The number of aryl methyl sites for hydroxylation is 1. The molecule has 41 heavy (non-hydrogen) atoms. The number of nitrogens with zero attached hydrogens (tertiary/aromatic N) is 4. The van der Waals surface area contributed by atoms with Crippen LogP contribution in [-0.4, -0.2) is 59.8 Å². The van der Waals surface area contributed by atoms with Gasteiger partial charge in [-0.2, -0.15) is 5.26 Å². The van der Waals surface area contributed by atoms with Gasteiger partial charge in [-0.15, -0.1) is 11.3 Å². The zero-order valence-corrected chi connectivity index (χ0v) is 24.4. The number of benzene rings is 2. The molecule has 2 aliphatic heterocycles. The molecule has 2 saturated heterocycles. The van der Waals surface area contributed by atoms with Gasteiger partial charge < -0.3 is 19.5 Å². The number of rotatable bonds is 8. The van der Waals surface area contributed by atoms with Crippen LogP contribution in [0, 0.1) is 36.0 Å². The van der Waals surface area contributed by atoms with Crippen LogP contribution in [0.1, 0.15) is 42.0 Å². The number of nitriles is 1. The third kappa shape index (κ3) is 5.96. The van der Waals surface area contributed by atoms with E-state index >= 15 is 0 Å². The van der Waals surface area contributed by atoms with Gasteiger partial charge in [0.1, 0.15) is 12.4 Å². The summed E-state index contributed by atoms with van der Waals surface area (Å²) in [6.07, 6.45) is 2.18. The minimum Gasteiger partial charge on any atom is -0.488 e. The normalized spacial score (nSPS) is 24.3. The molecule has 3 heterocycles. The van der Waals surface area contributed by atoms with E-state index in [0.717, 1.165) is 91.0 Å². The van der Waals surface area contributed by atoms with Gasteiger partial charge in [0.15, 0.2) is 5.13 Å². The van der Waals surface area contributed by atoms with Crippen LogP contribution in [0.5, 0.6) is 5.75 Å². The minimum absolute atomic E-state index is 0.189. The number of aliphatic carboxylic acids is 1. The highest BCUT2D eigenvalue weighted by Crippen LogP contribution is 2.44. The van der Waals surface area contributed by atoms with Crippen molar-refractivity contribution in [2.24, 2.45) is 17.8 Å². The fraction of sp³-hybridized carbons (Fsp3) is 0.469. The van der Waals surface area contributed by atoms with Crippen molar-refractivity contribution in [1.82, 2.24) is 9.88 Å². The third-order valence-corrected chi connectivity index (χ3v) is 9.60. The first-order valence-electron chi connectivity index (χ1n) is 14.4. The van der Waals surface area contributed by atoms with Crippen molar-refractivity contribution in [1.29, 1.82) is 5.26 Å². The number of carbonyl (C=O) groups is 1. The molecule has 2 bridgehead atoms. The highest BCUT2D eigenvalue weighted by atomic mass is 32.1. The molecule has 6 rings (SSSR count). The van der Waals surface area contributed by atoms with Gasteiger partial charge in [0.2, 0.25) is 0 Å². The lowest BCUT2D eigenvalue weighted by Crippen LogP contribution is -2.44. The summed E-state index contributed by atoms with van der Waals surface area (Å²) in [5, 5.41) is 22.6. The fourth-order valence-electron chi connectivity index (χ4n) is 6.68. The molecule has 9 heteroatoms. The maximum atomic E-state index is 11.8. The van der Waals surface area contributed by atoms with Crippen molar-refractivity contribution in [2.45, 2.75) is 45.9 Å². The predicted octanol–water partition coefficient (Wildman–Crippen LogP) is 5.34. The van der Waals surface area contributed by atoms with Gasteiger partial charge in [-0.1, -0.05) is 23.8 Å². The van der Waals surface area contributed by atoms with Crippen LogP contribution >= 0.6 is 11.3 Å². The molecule has 3 aromatic rings. The number of hydrogen-bond acceptors (Lipinski definition) is 8. The molecule has 8 nitrogen and oxygen atoms in total. The molecular formula is C32H36N4O4S. The summed E-state index contributed by atoms with van der Waals surface area (Å²) in [5.41, 5.74) is 5.49. The molecule has 3 fully saturated rings. The van der Waals surface area contributed by atoms with Gasteiger partial charge in [-0.05, 0) is 62.3 Å². The molecular weight excluding hydrogens is 536 g/mol. The van der Waals surface area contributed by atoms with E-state index in [2.05, 4.69) is 47.2 Å². The smallest absolute Gasteiger partial charge is 0.307 e. The second kappa shape index (κ2) is 11.8. The number of thiazole rings is 1. The first-order chi connectivity index (χ1) is 19.9. The highest BCUT2D eigenvalue weighted by molar-refractivity contribution is 7.14. The lowest BCUT2D eigenvalue weighted by atomic mass is 9.85. The molecule has 1 N–H and O–H groups in total. The van der Waals surface area contributed by atoms with Crippen molar-refractivity contribution in [3.8, 4) is 23.1 Å². The van der Waals surface area contributed by atoms with Crippen molar-refractivity contribution in [3.05, 3.63) is 64.0 Å². The Morgan fingerprint density at radius 1 is 1.20 bits per heavy atom. The fourth-order valence-corrected chi connectivity index (χ4v) is 7.53. The molecule has 3 aliphatic rings. The van der Waals surface area contributed by atoms with E-state index in [4.69, 9.17) is 14.5 Å². The molecule has 1 aromatic heterocycles. The SMILES string of the molecule is Cc1ccc(OCc2ccc(CN3CCO[C@H](C)C3)cc2C#N)c(-c2csc(N3CC4CC[C@H](C3)C4C(=O)O)n2)c1. The van der Waals surface area contributed by atoms with Crippen molar-refractivity contribution in [3.63, 3.8) is 0 Å². The van der Waals surface area contributed by atoms with E-state index in [1.165, 1.54) is 0 Å². The number of aromatic nitrogens is 1. The van der Waals surface area contributed by atoms with Gasteiger partial charge in [-0.3, -0.25) is 9.69 Å². The molecule has 4 atom stereocenters. The second-order valence-electron chi connectivity index (χ2n) is 11.7. The maximum absolute atomic E-state index is 11.8. The predicted molar refractivity (Wildman–Crippen MR) is 158 cm³/mol. The van der Waals surface area contributed by atoms with Gasteiger partial charge in [0, 0.05) is 49.2 Å². The van der Waals surface area contributed by atoms with Gasteiger partial charge in [0.05, 0.1) is 36.0 Å². The summed E-state index contributed by atoms with van der Waals surface area (Å²) in [5.74, 6) is 0.231. The van der Waals surface area contributed by atoms with Crippen molar-refractivity contribution < 1.29 is 19.4 Å². The molecule has 2 unspecified atom stereocenters. The Hall–Kier alpha value is -3.45. The summed E-state index contributed by atoms with van der Waals surface area (Å²) in [6.45, 7) is 9.25. The Morgan fingerprint density at radius 2 is 2.00 bits per heavy atom. The Labute approximate surface area is 245 Å². The lowest BCUT2D eigenvalue weighted by molar-refractivity contribution is -0.144. The standard InChI is InChI=1S/C32H36N4O4S/c1-20-3-8-29(40-18-25-5-4-22(12-26(25)13-33)15-35-9-10-39-21(2)14-35)27(11-20)28-19-41-32(34-28)36-16-23-6-7-24(17-36)30(23)31(37)38/h3-5,8,11-12,19,21,23-24,30H,6-7,9-10,14-18H2,1-2H3,(H,37,38)/t21-,23-,24?,30?/m1/s1. The second-order valence-corrected chi connectivity index (χ2v) is 12.5. The topological polar surface area (TPSA) is 98.9 Å². The van der Waals surface area contributed by atoms with Gasteiger partial charge in [-0.25, -0.2) is 4.98 Å². The molecule has 1 saturated carbocycles. The van der Waals surface area contributed by atoms with E-state index in [9.17, 15) is 15.2 Å². The van der Waals surface area contributed by atoms with Crippen molar-refractivity contribution >= 4 is 22.4 Å².